The molecule has 0 N–H and O–H groups in total. The summed E-state index contributed by atoms with van der Waals surface area (Å²) in [7, 11) is 0. The highest BCUT2D eigenvalue weighted by Crippen LogP contribution is 2.02. The fourth-order valence-corrected chi connectivity index (χ4v) is 1.40. The molecule has 0 aliphatic carbocycles. The molecule has 1 heteroatoms. The lowest BCUT2D eigenvalue weighted by atomic mass is 10.1. The van der Waals surface area contributed by atoms with E-state index in [0.29, 0.717) is 0 Å². The zero-order valence-corrected chi connectivity index (χ0v) is 8.51. The molecule has 0 aliphatic rings. The Bertz CT molecular complexity index is 418. The number of allylic oxidation sites excluding steroid dienone is 1. The molecule has 74 valence electrons. The van der Waals surface area contributed by atoms with Gasteiger partial charge in [0.15, 0.2) is 0 Å². The van der Waals surface area contributed by atoms with Crippen molar-refractivity contribution in [2.24, 2.45) is 0 Å². The molecule has 1 aromatic carbocycles. The van der Waals surface area contributed by atoms with Gasteiger partial charge in [-0.05, 0) is 30.2 Å². The van der Waals surface area contributed by atoms with Crippen LogP contribution in [0.25, 0.3) is 6.08 Å². The third-order valence-electron chi connectivity index (χ3n) is 2.17. The van der Waals surface area contributed by atoms with Gasteiger partial charge in [0, 0.05) is 6.20 Å². The fourth-order valence-electron chi connectivity index (χ4n) is 1.40. The van der Waals surface area contributed by atoms with Crippen LogP contribution >= 0.6 is 0 Å². The summed E-state index contributed by atoms with van der Waals surface area (Å²) in [6.45, 7) is 0. The van der Waals surface area contributed by atoms with E-state index < -0.39 is 0 Å². The summed E-state index contributed by atoms with van der Waals surface area (Å²) >= 11 is 0. The van der Waals surface area contributed by atoms with E-state index in [2.05, 4.69) is 35.3 Å². The van der Waals surface area contributed by atoms with Gasteiger partial charge in [-0.25, -0.2) is 0 Å². The van der Waals surface area contributed by atoms with Crippen LogP contribution in [0.2, 0.25) is 0 Å². The van der Waals surface area contributed by atoms with Crippen LogP contribution in [0.1, 0.15) is 11.3 Å². The molecule has 1 heterocycles. The monoisotopic (exact) mass is 195 g/mol. The highest BCUT2D eigenvalue weighted by atomic mass is 14.6. The molecule has 0 fully saturated rings. The van der Waals surface area contributed by atoms with Crippen molar-refractivity contribution in [1.82, 2.24) is 4.98 Å². The molecule has 2 aromatic rings. The molecular formula is C14H13N. The van der Waals surface area contributed by atoms with Gasteiger partial charge >= 0.3 is 0 Å². The summed E-state index contributed by atoms with van der Waals surface area (Å²) in [4.78, 5) is 4.22. The summed E-state index contributed by atoms with van der Waals surface area (Å²) in [6, 6.07) is 16.3. The highest BCUT2D eigenvalue weighted by Gasteiger charge is 1.87. The second-order valence-corrected chi connectivity index (χ2v) is 3.35. The van der Waals surface area contributed by atoms with Crippen LogP contribution in [0, 0.1) is 0 Å². The standard InChI is InChI=1S/C14H13N/c1-2-7-13(8-3-1)9-6-11-14-10-4-5-12-15-14/h1-8,10-12H,9H2/b11-6+. The molecule has 0 amide bonds. The molecule has 1 nitrogen and oxygen atoms in total. The van der Waals surface area contributed by atoms with Crippen LogP contribution in [0.5, 0.6) is 0 Å². The highest BCUT2D eigenvalue weighted by molar-refractivity contribution is 5.44. The molecule has 0 atom stereocenters. The minimum atomic E-state index is 0.956. The van der Waals surface area contributed by atoms with E-state index in [4.69, 9.17) is 0 Å². The molecular weight excluding hydrogens is 182 g/mol. The Morgan fingerprint density at radius 2 is 1.73 bits per heavy atom. The number of nitrogens with zero attached hydrogens (tertiary/aromatic N) is 1. The van der Waals surface area contributed by atoms with Crippen molar-refractivity contribution in [1.29, 1.82) is 0 Å². The largest absolute Gasteiger partial charge is 0.257 e. The number of hydrogen-bond acceptors (Lipinski definition) is 1. The van der Waals surface area contributed by atoms with Crippen molar-refractivity contribution in [2.75, 3.05) is 0 Å². The third kappa shape index (κ3) is 3.06. The first-order chi connectivity index (χ1) is 7.45. The zero-order chi connectivity index (χ0) is 10.3. The Kier molecular flexibility index (Phi) is 3.29. The smallest absolute Gasteiger partial charge is 0.0626 e. The quantitative estimate of drug-likeness (QED) is 0.732. The first-order valence-corrected chi connectivity index (χ1v) is 5.06. The first kappa shape index (κ1) is 9.66. The van der Waals surface area contributed by atoms with Gasteiger partial charge < -0.3 is 0 Å². The normalized spacial score (nSPS) is 10.7. The molecule has 1 aromatic heterocycles. The van der Waals surface area contributed by atoms with E-state index >= 15 is 0 Å². The van der Waals surface area contributed by atoms with Crippen molar-refractivity contribution >= 4 is 6.08 Å². The van der Waals surface area contributed by atoms with Gasteiger partial charge in [-0.2, -0.15) is 0 Å². The minimum absolute atomic E-state index is 0.956. The average molecular weight is 195 g/mol. The molecule has 0 aliphatic heterocycles. The lowest BCUT2D eigenvalue weighted by molar-refractivity contribution is 1.26. The van der Waals surface area contributed by atoms with Gasteiger partial charge in [0.2, 0.25) is 0 Å². The number of pyridine rings is 1. The SMILES string of the molecule is C(=C\c1ccccn1)/Cc1ccccc1. The second kappa shape index (κ2) is 5.11. The number of benzene rings is 1. The van der Waals surface area contributed by atoms with Gasteiger partial charge in [-0.3, -0.25) is 4.98 Å². The van der Waals surface area contributed by atoms with Crippen molar-refractivity contribution in [3.05, 3.63) is 72.1 Å². The van der Waals surface area contributed by atoms with E-state index in [9.17, 15) is 0 Å². The zero-order valence-electron chi connectivity index (χ0n) is 8.51. The summed E-state index contributed by atoms with van der Waals surface area (Å²) < 4.78 is 0. The molecule has 0 unspecified atom stereocenters. The van der Waals surface area contributed by atoms with Crippen LogP contribution in [-0.4, -0.2) is 4.98 Å². The maximum absolute atomic E-state index is 4.22. The van der Waals surface area contributed by atoms with E-state index in [-0.39, 0.29) is 0 Å². The van der Waals surface area contributed by atoms with Crippen LogP contribution in [-0.2, 0) is 6.42 Å². The van der Waals surface area contributed by atoms with Gasteiger partial charge in [0.05, 0.1) is 5.69 Å². The van der Waals surface area contributed by atoms with Crippen molar-refractivity contribution in [2.45, 2.75) is 6.42 Å². The second-order valence-electron chi connectivity index (χ2n) is 3.35. The summed E-state index contributed by atoms with van der Waals surface area (Å²) in [5, 5.41) is 0. The maximum atomic E-state index is 4.22. The molecule has 15 heavy (non-hydrogen) atoms. The van der Waals surface area contributed by atoms with Crippen LogP contribution in [0.3, 0.4) is 0 Å². The van der Waals surface area contributed by atoms with Gasteiger partial charge in [0.25, 0.3) is 0 Å². The Morgan fingerprint density at radius 1 is 0.933 bits per heavy atom. The molecule has 0 saturated heterocycles. The first-order valence-electron chi connectivity index (χ1n) is 5.06. The van der Waals surface area contributed by atoms with Crippen LogP contribution < -0.4 is 0 Å². The Hall–Kier alpha value is -1.89. The topological polar surface area (TPSA) is 12.9 Å². The van der Waals surface area contributed by atoms with Crippen LogP contribution in [0.4, 0.5) is 0 Å². The molecule has 0 saturated carbocycles. The summed E-state index contributed by atoms with van der Waals surface area (Å²) in [5.41, 5.74) is 2.33. The lowest BCUT2D eigenvalue weighted by Gasteiger charge is -1.94. The predicted molar refractivity (Wildman–Crippen MR) is 63.4 cm³/mol. The Balaban J connectivity index is 1.97. The van der Waals surface area contributed by atoms with Crippen molar-refractivity contribution in [3.63, 3.8) is 0 Å². The molecule has 2 rings (SSSR count). The van der Waals surface area contributed by atoms with Crippen molar-refractivity contribution in [3.8, 4) is 0 Å². The Morgan fingerprint density at radius 3 is 2.47 bits per heavy atom. The minimum Gasteiger partial charge on any atom is -0.257 e. The lowest BCUT2D eigenvalue weighted by Crippen LogP contribution is -1.80. The van der Waals surface area contributed by atoms with Gasteiger partial charge in [-0.15, -0.1) is 0 Å². The molecule has 0 spiro atoms. The number of aromatic nitrogens is 1. The average Bonchev–Trinajstić information content (AvgIpc) is 2.32. The maximum Gasteiger partial charge on any atom is 0.0626 e. The van der Waals surface area contributed by atoms with E-state index in [0.717, 1.165) is 12.1 Å². The molecule has 0 radical (unpaired) electrons. The third-order valence-corrected chi connectivity index (χ3v) is 2.17. The van der Waals surface area contributed by atoms with Crippen LogP contribution in [0.15, 0.2) is 60.8 Å². The van der Waals surface area contributed by atoms with E-state index in [1.165, 1.54) is 5.56 Å². The number of rotatable bonds is 3. The summed E-state index contributed by atoms with van der Waals surface area (Å²) in [6.07, 6.45) is 6.95. The Labute approximate surface area is 90.1 Å². The predicted octanol–water partition coefficient (Wildman–Crippen LogP) is 3.34. The van der Waals surface area contributed by atoms with E-state index in [1.54, 1.807) is 0 Å². The van der Waals surface area contributed by atoms with Gasteiger partial charge in [-0.1, -0.05) is 42.5 Å². The van der Waals surface area contributed by atoms with Gasteiger partial charge in [0.1, 0.15) is 0 Å². The molecule has 0 bridgehead atoms. The van der Waals surface area contributed by atoms with Crippen molar-refractivity contribution < 1.29 is 0 Å². The summed E-state index contributed by atoms with van der Waals surface area (Å²) in [5.74, 6) is 0. The number of hydrogen-bond donors (Lipinski definition) is 0. The fraction of sp³-hybridized carbons (Fsp3) is 0.0714. The van der Waals surface area contributed by atoms with E-state index in [1.807, 2.05) is 36.5 Å².